The molecule has 2 aliphatic rings. The van der Waals surface area contributed by atoms with E-state index in [1.165, 1.54) is 12.5 Å². The molecule has 0 fully saturated rings. The summed E-state index contributed by atoms with van der Waals surface area (Å²) in [5.41, 5.74) is 4.26. The van der Waals surface area contributed by atoms with E-state index in [0.29, 0.717) is 17.7 Å². The van der Waals surface area contributed by atoms with Gasteiger partial charge in [-0.05, 0) is 41.7 Å². The van der Waals surface area contributed by atoms with Crippen LogP contribution in [0.3, 0.4) is 0 Å². The predicted octanol–water partition coefficient (Wildman–Crippen LogP) is 1.89. The van der Waals surface area contributed by atoms with E-state index in [9.17, 15) is 18.2 Å². The van der Waals surface area contributed by atoms with Gasteiger partial charge in [0, 0.05) is 18.9 Å². The van der Waals surface area contributed by atoms with E-state index in [-0.39, 0.29) is 17.3 Å². The monoisotopic (exact) mass is 399 g/mol. The van der Waals surface area contributed by atoms with Gasteiger partial charge in [-0.2, -0.15) is 0 Å². The number of para-hydroxylation sites is 1. The van der Waals surface area contributed by atoms with Crippen LogP contribution in [-0.2, 0) is 35.1 Å². The summed E-state index contributed by atoms with van der Waals surface area (Å²) in [6, 6.07) is 11.0. The second kappa shape index (κ2) is 7.35. The Hall–Kier alpha value is -2.16. The number of rotatable bonds is 5. The first-order chi connectivity index (χ1) is 13.3. The zero-order valence-electron chi connectivity index (χ0n) is 15.6. The normalized spacial score (nSPS) is 18.4. The molecule has 1 atom stereocenters. The molecule has 2 aromatic rings. The van der Waals surface area contributed by atoms with Gasteiger partial charge in [-0.15, -0.1) is 0 Å². The van der Waals surface area contributed by atoms with Crippen LogP contribution in [0.2, 0.25) is 5.82 Å². The molecule has 2 heterocycles. The first-order valence-corrected chi connectivity index (χ1v) is 11.1. The fourth-order valence-corrected chi connectivity index (χ4v) is 5.72. The highest BCUT2D eigenvalue weighted by Gasteiger charge is 2.39. The molecule has 8 heteroatoms. The predicted molar refractivity (Wildman–Crippen MR) is 107 cm³/mol. The molecule has 0 aromatic heterocycles. The Bertz CT molecular complexity index is 1040. The maximum absolute atomic E-state index is 12.8. The number of carbonyl (C=O) groups excluding carboxylic acids is 1. The maximum atomic E-state index is 12.8. The molecule has 2 N–H and O–H groups in total. The zero-order valence-corrected chi connectivity index (χ0v) is 16.5. The van der Waals surface area contributed by atoms with E-state index in [0.717, 1.165) is 29.8 Å². The van der Waals surface area contributed by atoms with Gasteiger partial charge in [0.05, 0.1) is 17.1 Å². The average Bonchev–Trinajstić information content (AvgIpc) is 3.09. The minimum atomic E-state index is -3.44. The SMILES string of the molecule is CC(=O)c1cccc2c1OB(O)[C@@H](CS(=O)(=O)Cc1ccc3c(c1)CNC3)C2. The van der Waals surface area contributed by atoms with Crippen LogP contribution in [0.5, 0.6) is 5.75 Å². The van der Waals surface area contributed by atoms with E-state index in [2.05, 4.69) is 5.32 Å². The molecule has 2 aliphatic heterocycles. The largest absolute Gasteiger partial charge is 0.535 e. The van der Waals surface area contributed by atoms with E-state index >= 15 is 0 Å². The van der Waals surface area contributed by atoms with Crippen molar-refractivity contribution in [3.05, 3.63) is 64.2 Å². The third kappa shape index (κ3) is 3.85. The van der Waals surface area contributed by atoms with Gasteiger partial charge in [-0.3, -0.25) is 4.79 Å². The summed E-state index contributed by atoms with van der Waals surface area (Å²) >= 11 is 0. The van der Waals surface area contributed by atoms with Gasteiger partial charge in [0.25, 0.3) is 0 Å². The summed E-state index contributed by atoms with van der Waals surface area (Å²) < 4.78 is 31.1. The van der Waals surface area contributed by atoms with Gasteiger partial charge in [-0.25, -0.2) is 8.42 Å². The molecule has 0 radical (unpaired) electrons. The van der Waals surface area contributed by atoms with E-state index in [1.807, 2.05) is 18.2 Å². The molecule has 0 saturated carbocycles. The summed E-state index contributed by atoms with van der Waals surface area (Å²) in [7, 11) is -4.70. The summed E-state index contributed by atoms with van der Waals surface area (Å²) in [5, 5.41) is 13.6. The van der Waals surface area contributed by atoms with Crippen molar-refractivity contribution in [2.75, 3.05) is 5.75 Å². The number of hydrogen-bond donors (Lipinski definition) is 2. The molecule has 0 spiro atoms. The molecule has 2 aromatic carbocycles. The molecule has 0 aliphatic carbocycles. The van der Waals surface area contributed by atoms with Crippen molar-refractivity contribution < 1.29 is 22.9 Å². The Morgan fingerprint density at radius 1 is 1.21 bits per heavy atom. The van der Waals surface area contributed by atoms with Crippen LogP contribution in [0.15, 0.2) is 36.4 Å². The minimum absolute atomic E-state index is 0.0656. The van der Waals surface area contributed by atoms with E-state index in [4.69, 9.17) is 4.65 Å². The van der Waals surface area contributed by atoms with Crippen LogP contribution in [0.4, 0.5) is 0 Å². The molecular weight excluding hydrogens is 377 g/mol. The lowest BCUT2D eigenvalue weighted by Crippen LogP contribution is -2.38. The highest BCUT2D eigenvalue weighted by molar-refractivity contribution is 7.90. The first kappa shape index (κ1) is 19.2. The van der Waals surface area contributed by atoms with Gasteiger partial charge in [0.2, 0.25) is 0 Å². The molecule has 0 bridgehead atoms. The van der Waals surface area contributed by atoms with Crippen molar-refractivity contribution in [1.82, 2.24) is 5.32 Å². The lowest BCUT2D eigenvalue weighted by Gasteiger charge is -2.28. The van der Waals surface area contributed by atoms with Crippen molar-refractivity contribution in [3.63, 3.8) is 0 Å². The van der Waals surface area contributed by atoms with Crippen LogP contribution >= 0.6 is 0 Å². The van der Waals surface area contributed by atoms with Gasteiger partial charge >= 0.3 is 7.12 Å². The van der Waals surface area contributed by atoms with Crippen LogP contribution in [0.1, 0.15) is 39.5 Å². The molecule has 0 unspecified atom stereocenters. The second-order valence-electron chi connectivity index (χ2n) is 7.58. The standard InChI is InChI=1S/C20H22BNO5S/c1-13(23)19-4-2-3-15-8-18(21(24)27-20(15)19)12-28(25,26)11-14-5-6-16-9-22-10-17(16)7-14/h2-7,18,22,24H,8-12H2,1H3/t18-/m1/s1. The van der Waals surface area contributed by atoms with Crippen molar-refractivity contribution >= 4 is 22.7 Å². The number of benzene rings is 2. The minimum Gasteiger partial charge on any atom is -0.535 e. The molecule has 146 valence electrons. The molecule has 0 amide bonds. The average molecular weight is 399 g/mol. The lowest BCUT2D eigenvalue weighted by atomic mass is 9.67. The number of Topliss-reactive ketones (excluding diaryl/α,β-unsaturated/α-hetero) is 1. The Morgan fingerprint density at radius 3 is 2.79 bits per heavy atom. The number of nitrogens with one attached hydrogen (secondary N) is 1. The van der Waals surface area contributed by atoms with Crippen LogP contribution in [0, 0.1) is 0 Å². The summed E-state index contributed by atoms with van der Waals surface area (Å²) in [6.45, 7) is 3.01. The number of hydrogen-bond acceptors (Lipinski definition) is 6. The van der Waals surface area contributed by atoms with Gasteiger partial charge in [0.15, 0.2) is 15.6 Å². The first-order valence-electron chi connectivity index (χ1n) is 9.32. The number of ketones is 1. The van der Waals surface area contributed by atoms with E-state index < -0.39 is 22.8 Å². The molecular formula is C20H22BNO5S. The summed E-state index contributed by atoms with van der Waals surface area (Å²) in [4.78, 5) is 11.8. The van der Waals surface area contributed by atoms with Gasteiger partial charge in [-0.1, -0.05) is 30.3 Å². The van der Waals surface area contributed by atoms with Gasteiger partial charge < -0.3 is 15.0 Å². The quantitative estimate of drug-likeness (QED) is 0.589. The third-order valence-electron chi connectivity index (χ3n) is 5.36. The zero-order chi connectivity index (χ0) is 19.9. The fraction of sp³-hybridized carbons (Fsp3) is 0.350. The van der Waals surface area contributed by atoms with Crippen molar-refractivity contribution in [1.29, 1.82) is 0 Å². The summed E-state index contributed by atoms with van der Waals surface area (Å²) in [6.07, 6.45) is 0.352. The lowest BCUT2D eigenvalue weighted by molar-refractivity contribution is 0.101. The topological polar surface area (TPSA) is 92.7 Å². The number of sulfone groups is 1. The van der Waals surface area contributed by atoms with E-state index in [1.54, 1.807) is 18.2 Å². The molecule has 6 nitrogen and oxygen atoms in total. The Morgan fingerprint density at radius 2 is 2.00 bits per heavy atom. The van der Waals surface area contributed by atoms with Crippen LogP contribution in [0.25, 0.3) is 0 Å². The molecule has 0 saturated heterocycles. The summed E-state index contributed by atoms with van der Waals surface area (Å²) in [5.74, 6) is -0.601. The Balaban J connectivity index is 1.50. The van der Waals surface area contributed by atoms with Crippen molar-refractivity contribution in [2.24, 2.45) is 0 Å². The second-order valence-corrected chi connectivity index (χ2v) is 9.69. The van der Waals surface area contributed by atoms with Crippen molar-refractivity contribution in [2.45, 2.75) is 38.0 Å². The molecule has 28 heavy (non-hydrogen) atoms. The highest BCUT2D eigenvalue weighted by Crippen LogP contribution is 2.35. The maximum Gasteiger partial charge on any atom is 0.527 e. The number of carbonyl (C=O) groups is 1. The fourth-order valence-electron chi connectivity index (χ4n) is 3.98. The van der Waals surface area contributed by atoms with Crippen LogP contribution in [-0.4, -0.2) is 32.1 Å². The molecule has 4 rings (SSSR count). The Kier molecular flexibility index (Phi) is 5.03. The van der Waals surface area contributed by atoms with Crippen LogP contribution < -0.4 is 9.97 Å². The number of fused-ring (bicyclic) bond motifs is 2. The smallest absolute Gasteiger partial charge is 0.527 e. The van der Waals surface area contributed by atoms with Crippen molar-refractivity contribution in [3.8, 4) is 5.75 Å². The third-order valence-corrected chi connectivity index (χ3v) is 7.07. The highest BCUT2D eigenvalue weighted by atomic mass is 32.2. The Labute approximate surface area is 165 Å². The van der Waals surface area contributed by atoms with Gasteiger partial charge in [0.1, 0.15) is 5.75 Å².